The van der Waals surface area contributed by atoms with Gasteiger partial charge in [-0.2, -0.15) is 0 Å². The number of benzene rings is 7. The van der Waals surface area contributed by atoms with Crippen LogP contribution < -0.4 is 0 Å². The van der Waals surface area contributed by atoms with Crippen LogP contribution in [0.15, 0.2) is 174 Å². The van der Waals surface area contributed by atoms with Gasteiger partial charge in [0.1, 0.15) is 11.2 Å². The van der Waals surface area contributed by atoms with Crippen molar-refractivity contribution in [3.05, 3.63) is 170 Å². The van der Waals surface area contributed by atoms with E-state index in [4.69, 9.17) is 9.40 Å². The largest absolute Gasteiger partial charge is 0.456 e. The molecule has 3 nitrogen and oxygen atoms in total. The highest BCUT2D eigenvalue weighted by Gasteiger charge is 2.21. The van der Waals surface area contributed by atoms with Gasteiger partial charge in [-0.15, -0.1) is 11.3 Å². The summed E-state index contributed by atoms with van der Waals surface area (Å²) in [5, 5.41) is 7.34. The Morgan fingerprint density at radius 2 is 1.06 bits per heavy atom. The van der Waals surface area contributed by atoms with E-state index >= 15 is 0 Å². The lowest BCUT2D eigenvalue weighted by Crippen LogP contribution is -1.94. The van der Waals surface area contributed by atoms with E-state index in [1.807, 2.05) is 17.4 Å². The molecule has 0 radical (unpaired) electrons. The predicted molar refractivity (Wildman–Crippen MR) is 215 cm³/mol. The summed E-state index contributed by atoms with van der Waals surface area (Å²) < 4.78 is 11.4. The zero-order valence-electron chi connectivity index (χ0n) is 27.4. The van der Waals surface area contributed by atoms with Crippen molar-refractivity contribution in [2.75, 3.05) is 0 Å². The second-order valence-corrected chi connectivity index (χ2v) is 14.1. The highest BCUT2D eigenvalue weighted by atomic mass is 32.1. The first kappa shape index (κ1) is 28.4. The number of hydrogen-bond donors (Lipinski definition) is 0. The summed E-state index contributed by atoms with van der Waals surface area (Å²) in [6, 6.07) is 60.4. The minimum atomic E-state index is 0.898. The first-order valence-corrected chi connectivity index (χ1v) is 18.0. The number of furan rings is 1. The third-order valence-electron chi connectivity index (χ3n) is 10.2. The molecule has 4 heteroatoms. The molecule has 0 N–H and O–H groups in total. The van der Waals surface area contributed by atoms with Crippen molar-refractivity contribution < 1.29 is 4.42 Å². The van der Waals surface area contributed by atoms with Gasteiger partial charge < -0.3 is 8.98 Å². The summed E-state index contributed by atoms with van der Waals surface area (Å²) in [4.78, 5) is 5.16. The van der Waals surface area contributed by atoms with Crippen molar-refractivity contribution in [1.82, 2.24) is 9.55 Å². The van der Waals surface area contributed by atoms with Crippen LogP contribution in [0.25, 0.3) is 103 Å². The Morgan fingerprint density at radius 3 is 1.84 bits per heavy atom. The summed E-state index contributed by atoms with van der Waals surface area (Å²) in [6.45, 7) is 0. The van der Waals surface area contributed by atoms with Crippen molar-refractivity contribution in [3.8, 4) is 39.3 Å². The normalized spacial score (nSPS) is 11.9. The molecule has 11 aromatic rings. The summed E-state index contributed by atoms with van der Waals surface area (Å²) in [5.74, 6) is 0. The SMILES string of the molecule is c1ccc(-c2cc(-c3cccc4c3sc3c4ccc4c3c3ccccc3n4-c3cccc4oc5ccccc5c34)cc(-c3ccccc3)n2)cc1. The molecular formula is C47H28N2OS. The second-order valence-electron chi connectivity index (χ2n) is 13.1. The number of thiophene rings is 1. The Hall–Kier alpha value is -6.49. The molecule has 0 bridgehead atoms. The minimum Gasteiger partial charge on any atom is -0.456 e. The first-order valence-electron chi connectivity index (χ1n) is 17.2. The molecule has 4 aromatic heterocycles. The van der Waals surface area contributed by atoms with Crippen LogP contribution in [0.3, 0.4) is 0 Å². The second kappa shape index (κ2) is 11.0. The molecule has 0 aliphatic carbocycles. The van der Waals surface area contributed by atoms with E-state index in [2.05, 4.69) is 168 Å². The van der Waals surface area contributed by atoms with Crippen LogP contribution >= 0.6 is 11.3 Å². The fourth-order valence-corrected chi connectivity index (χ4v) is 9.33. The third-order valence-corrected chi connectivity index (χ3v) is 11.5. The molecule has 0 unspecified atom stereocenters. The van der Waals surface area contributed by atoms with Crippen molar-refractivity contribution in [2.45, 2.75) is 0 Å². The molecular weight excluding hydrogens is 641 g/mol. The maximum absolute atomic E-state index is 6.34. The van der Waals surface area contributed by atoms with Gasteiger partial charge in [-0.3, -0.25) is 0 Å². The lowest BCUT2D eigenvalue weighted by atomic mass is 9.98. The maximum atomic E-state index is 6.34. The standard InChI is InChI=1S/C47H28N2OS/c1-3-13-29(14-4-1)37-27-31(28-38(48-37)30-15-5-2-6-16-30)32-19-11-20-33-34-25-26-41-45(47(34)51-46(32)33)35-17-7-9-21-39(35)49(41)40-22-12-24-43-44(40)36-18-8-10-23-42(36)50-43/h1-28H. The van der Waals surface area contributed by atoms with Crippen molar-refractivity contribution in [3.63, 3.8) is 0 Å². The van der Waals surface area contributed by atoms with Gasteiger partial charge in [0, 0.05) is 47.5 Å². The molecule has 11 rings (SSSR count). The van der Waals surface area contributed by atoms with Crippen LogP contribution in [-0.2, 0) is 0 Å². The van der Waals surface area contributed by atoms with E-state index in [1.54, 1.807) is 0 Å². The van der Waals surface area contributed by atoms with E-state index in [0.29, 0.717) is 0 Å². The average Bonchev–Trinajstić information content (AvgIpc) is 3.88. The molecule has 0 spiro atoms. The van der Waals surface area contributed by atoms with E-state index in [-0.39, 0.29) is 0 Å². The summed E-state index contributed by atoms with van der Waals surface area (Å²) in [5.41, 5.74) is 11.8. The van der Waals surface area contributed by atoms with Gasteiger partial charge >= 0.3 is 0 Å². The molecule has 0 atom stereocenters. The third kappa shape index (κ3) is 4.27. The number of aromatic nitrogens is 2. The van der Waals surface area contributed by atoms with Crippen molar-refractivity contribution in [1.29, 1.82) is 0 Å². The number of rotatable bonds is 4. The van der Waals surface area contributed by atoms with E-state index in [0.717, 1.165) is 55.7 Å². The quantitative estimate of drug-likeness (QED) is 0.187. The number of fused-ring (bicyclic) bond motifs is 10. The van der Waals surface area contributed by atoms with Crippen molar-refractivity contribution in [2.24, 2.45) is 0 Å². The molecule has 0 aliphatic heterocycles. The van der Waals surface area contributed by atoms with E-state index < -0.39 is 0 Å². The zero-order valence-corrected chi connectivity index (χ0v) is 28.2. The Bertz CT molecular complexity index is 3070. The molecule has 51 heavy (non-hydrogen) atoms. The number of hydrogen-bond acceptors (Lipinski definition) is 3. The Labute approximate surface area is 297 Å². The monoisotopic (exact) mass is 668 g/mol. The van der Waals surface area contributed by atoms with Gasteiger partial charge in [-0.25, -0.2) is 4.98 Å². The highest BCUT2D eigenvalue weighted by Crippen LogP contribution is 2.47. The van der Waals surface area contributed by atoms with Crippen LogP contribution in [0.2, 0.25) is 0 Å². The van der Waals surface area contributed by atoms with Gasteiger partial charge in [0.2, 0.25) is 0 Å². The predicted octanol–water partition coefficient (Wildman–Crippen LogP) is 13.4. The number of pyridine rings is 1. The molecule has 0 amide bonds. The smallest absolute Gasteiger partial charge is 0.137 e. The summed E-state index contributed by atoms with van der Waals surface area (Å²) in [6.07, 6.45) is 0. The van der Waals surface area contributed by atoms with Gasteiger partial charge in [0.25, 0.3) is 0 Å². The average molecular weight is 669 g/mol. The van der Waals surface area contributed by atoms with E-state index in [9.17, 15) is 0 Å². The topological polar surface area (TPSA) is 31.0 Å². The van der Waals surface area contributed by atoms with Gasteiger partial charge in [0.05, 0.1) is 33.5 Å². The van der Waals surface area contributed by atoms with Crippen LogP contribution in [0.5, 0.6) is 0 Å². The van der Waals surface area contributed by atoms with E-state index in [1.165, 1.54) is 47.5 Å². The van der Waals surface area contributed by atoms with Crippen LogP contribution in [0.4, 0.5) is 0 Å². The zero-order chi connectivity index (χ0) is 33.5. The number of nitrogens with zero attached hydrogens (tertiary/aromatic N) is 2. The molecule has 0 saturated heterocycles. The van der Waals surface area contributed by atoms with Crippen molar-refractivity contribution >= 4 is 75.3 Å². The fraction of sp³-hybridized carbons (Fsp3) is 0. The lowest BCUT2D eigenvalue weighted by molar-refractivity contribution is 0.669. The summed E-state index contributed by atoms with van der Waals surface area (Å²) >= 11 is 1.89. The molecule has 7 aromatic carbocycles. The van der Waals surface area contributed by atoms with Gasteiger partial charge in [-0.05, 0) is 53.6 Å². The molecule has 238 valence electrons. The van der Waals surface area contributed by atoms with Crippen LogP contribution in [-0.4, -0.2) is 9.55 Å². The Morgan fingerprint density at radius 1 is 0.431 bits per heavy atom. The highest BCUT2D eigenvalue weighted by molar-refractivity contribution is 7.27. The molecule has 0 saturated carbocycles. The fourth-order valence-electron chi connectivity index (χ4n) is 7.94. The molecule has 0 aliphatic rings. The van der Waals surface area contributed by atoms with Gasteiger partial charge in [-0.1, -0.05) is 127 Å². The first-order chi connectivity index (χ1) is 25.3. The van der Waals surface area contributed by atoms with Gasteiger partial charge in [0.15, 0.2) is 0 Å². The molecule has 4 heterocycles. The molecule has 0 fully saturated rings. The van der Waals surface area contributed by atoms with Crippen LogP contribution in [0, 0.1) is 0 Å². The minimum absolute atomic E-state index is 0.898. The lowest BCUT2D eigenvalue weighted by Gasteiger charge is -2.11. The number of para-hydroxylation sites is 2. The Kier molecular flexibility index (Phi) is 6.12. The maximum Gasteiger partial charge on any atom is 0.137 e. The van der Waals surface area contributed by atoms with Crippen LogP contribution in [0.1, 0.15) is 0 Å². The summed E-state index contributed by atoms with van der Waals surface area (Å²) in [7, 11) is 0. The Balaban J connectivity index is 1.20.